The first-order chi connectivity index (χ1) is 14.1. The summed E-state index contributed by atoms with van der Waals surface area (Å²) in [5.41, 5.74) is 0.407. The lowest BCUT2D eigenvalue weighted by molar-refractivity contribution is 0.0254. The second kappa shape index (κ2) is 11.2. The Morgan fingerprint density at radius 3 is 2.59 bits per heavy atom. The van der Waals surface area contributed by atoms with Gasteiger partial charge in [0, 0.05) is 50.9 Å². The highest BCUT2D eigenvalue weighted by Crippen LogP contribution is 2.14. The van der Waals surface area contributed by atoms with Gasteiger partial charge in [0.1, 0.15) is 30.1 Å². The molecule has 1 fully saturated rings. The van der Waals surface area contributed by atoms with Gasteiger partial charge in [-0.3, -0.25) is 9.80 Å². The maximum absolute atomic E-state index is 14.1. The predicted molar refractivity (Wildman–Crippen MR) is 107 cm³/mol. The molecule has 0 radical (unpaired) electrons. The molecule has 29 heavy (non-hydrogen) atoms. The molecule has 0 amide bonds. The van der Waals surface area contributed by atoms with E-state index in [0.29, 0.717) is 44.2 Å². The van der Waals surface area contributed by atoms with E-state index >= 15 is 0 Å². The summed E-state index contributed by atoms with van der Waals surface area (Å²) in [5, 5.41) is 10.5. The topological polar surface area (TPSA) is 45.2 Å². The lowest BCUT2D eigenvalue weighted by atomic mass is 10.2. The van der Waals surface area contributed by atoms with Gasteiger partial charge in [0.25, 0.3) is 0 Å². The van der Waals surface area contributed by atoms with Gasteiger partial charge in [0.2, 0.25) is 0 Å². The fraction of sp³-hybridized carbons (Fsp3) is 0.455. The van der Waals surface area contributed by atoms with Gasteiger partial charge < -0.3 is 14.6 Å². The van der Waals surface area contributed by atoms with E-state index in [9.17, 15) is 13.9 Å². The van der Waals surface area contributed by atoms with Crippen molar-refractivity contribution >= 4 is 0 Å². The van der Waals surface area contributed by atoms with E-state index in [1.165, 1.54) is 12.1 Å². The number of para-hydroxylation sites is 1. The average molecular weight is 406 g/mol. The molecule has 0 aliphatic carbocycles. The highest BCUT2D eigenvalue weighted by molar-refractivity contribution is 5.21. The first-order valence-corrected chi connectivity index (χ1v) is 9.92. The van der Waals surface area contributed by atoms with Gasteiger partial charge in [0.15, 0.2) is 0 Å². The van der Waals surface area contributed by atoms with Crippen LogP contribution in [0.4, 0.5) is 8.78 Å². The molecular weight excluding hydrogens is 378 g/mol. The monoisotopic (exact) mass is 406 g/mol. The first-order valence-electron chi connectivity index (χ1n) is 9.92. The van der Waals surface area contributed by atoms with Crippen molar-refractivity contribution in [2.45, 2.75) is 12.6 Å². The molecule has 1 heterocycles. The van der Waals surface area contributed by atoms with Crippen LogP contribution in [0.5, 0.6) is 5.75 Å². The summed E-state index contributed by atoms with van der Waals surface area (Å²) in [4.78, 5) is 4.26. The Bertz CT molecular complexity index is 742. The third-order valence-corrected chi connectivity index (χ3v) is 4.90. The number of halogens is 2. The fourth-order valence-electron chi connectivity index (χ4n) is 3.29. The van der Waals surface area contributed by atoms with Crippen LogP contribution in [0, 0.1) is 11.6 Å². The van der Waals surface area contributed by atoms with Gasteiger partial charge in [0.05, 0.1) is 13.2 Å². The molecule has 1 aliphatic heterocycles. The Morgan fingerprint density at radius 1 is 1.10 bits per heavy atom. The Morgan fingerprint density at radius 2 is 1.86 bits per heavy atom. The van der Waals surface area contributed by atoms with Crippen molar-refractivity contribution < 1.29 is 23.4 Å². The maximum atomic E-state index is 14.1. The van der Waals surface area contributed by atoms with E-state index in [1.54, 1.807) is 0 Å². The summed E-state index contributed by atoms with van der Waals surface area (Å²) in [6.45, 7) is 5.34. The molecule has 0 spiro atoms. The highest BCUT2D eigenvalue weighted by Gasteiger charge is 2.18. The Balaban J connectivity index is 1.57. The van der Waals surface area contributed by atoms with E-state index in [2.05, 4.69) is 4.90 Å². The van der Waals surface area contributed by atoms with Crippen LogP contribution in [-0.2, 0) is 11.3 Å². The highest BCUT2D eigenvalue weighted by atomic mass is 19.1. The van der Waals surface area contributed by atoms with Crippen LogP contribution in [0.2, 0.25) is 0 Å². The lowest BCUT2D eigenvalue weighted by Crippen LogP contribution is -2.43. The van der Waals surface area contributed by atoms with E-state index < -0.39 is 17.7 Å². The van der Waals surface area contributed by atoms with Crippen molar-refractivity contribution in [3.8, 4) is 5.75 Å². The van der Waals surface area contributed by atoms with Crippen LogP contribution in [0.1, 0.15) is 5.56 Å². The number of aliphatic hydroxyl groups excluding tert-OH is 1. The maximum Gasteiger partial charge on any atom is 0.130 e. The van der Waals surface area contributed by atoms with Crippen LogP contribution in [-0.4, -0.2) is 73.6 Å². The SMILES string of the molecule is O[C@@H](COc1ccccc1)CN(CCN1CCOCC1)Cc1ccc(F)cc1F. The molecule has 2 aromatic carbocycles. The molecule has 0 saturated carbocycles. The van der Waals surface area contributed by atoms with Crippen molar-refractivity contribution in [1.82, 2.24) is 9.80 Å². The summed E-state index contributed by atoms with van der Waals surface area (Å²) >= 11 is 0. The number of benzene rings is 2. The zero-order chi connectivity index (χ0) is 20.5. The van der Waals surface area contributed by atoms with E-state index in [1.807, 2.05) is 35.2 Å². The Kier molecular flexibility index (Phi) is 8.37. The number of hydrogen-bond donors (Lipinski definition) is 1. The smallest absolute Gasteiger partial charge is 0.130 e. The zero-order valence-electron chi connectivity index (χ0n) is 16.5. The van der Waals surface area contributed by atoms with Gasteiger partial charge in [-0.05, 0) is 18.2 Å². The minimum Gasteiger partial charge on any atom is -0.491 e. The summed E-state index contributed by atoms with van der Waals surface area (Å²) in [6, 6.07) is 12.9. The van der Waals surface area contributed by atoms with Crippen LogP contribution in [0.15, 0.2) is 48.5 Å². The van der Waals surface area contributed by atoms with Crippen molar-refractivity contribution in [2.24, 2.45) is 0 Å². The third-order valence-electron chi connectivity index (χ3n) is 4.90. The number of rotatable bonds is 10. The quantitative estimate of drug-likeness (QED) is 0.657. The number of aliphatic hydroxyl groups is 1. The number of nitrogens with zero attached hydrogens (tertiary/aromatic N) is 2. The van der Waals surface area contributed by atoms with Crippen molar-refractivity contribution in [1.29, 1.82) is 0 Å². The molecule has 0 aromatic heterocycles. The summed E-state index contributed by atoms with van der Waals surface area (Å²) in [5.74, 6) is -0.477. The molecule has 1 aliphatic rings. The van der Waals surface area contributed by atoms with Gasteiger partial charge in [-0.25, -0.2) is 8.78 Å². The molecular formula is C22H28F2N2O3. The third kappa shape index (κ3) is 7.36. The lowest BCUT2D eigenvalue weighted by Gasteiger charge is -2.31. The minimum absolute atomic E-state index is 0.143. The molecule has 1 N–H and O–H groups in total. The summed E-state index contributed by atoms with van der Waals surface area (Å²) in [6.07, 6.45) is -0.733. The molecule has 3 rings (SSSR count). The number of morpholine rings is 1. The molecule has 5 nitrogen and oxygen atoms in total. The molecule has 0 unspecified atom stereocenters. The zero-order valence-corrected chi connectivity index (χ0v) is 16.5. The molecule has 1 atom stereocenters. The van der Waals surface area contributed by atoms with E-state index in [-0.39, 0.29) is 6.61 Å². The predicted octanol–water partition coefficient (Wildman–Crippen LogP) is 2.54. The van der Waals surface area contributed by atoms with Gasteiger partial charge in [-0.2, -0.15) is 0 Å². The van der Waals surface area contributed by atoms with Crippen LogP contribution in [0.25, 0.3) is 0 Å². The molecule has 158 valence electrons. The average Bonchev–Trinajstić information content (AvgIpc) is 2.74. The van der Waals surface area contributed by atoms with Gasteiger partial charge in [-0.15, -0.1) is 0 Å². The molecule has 7 heteroatoms. The van der Waals surface area contributed by atoms with Gasteiger partial charge in [-0.1, -0.05) is 24.3 Å². The molecule has 1 saturated heterocycles. The Hall–Kier alpha value is -2.06. The van der Waals surface area contributed by atoms with Crippen LogP contribution >= 0.6 is 0 Å². The molecule has 0 bridgehead atoms. The van der Waals surface area contributed by atoms with Crippen molar-refractivity contribution in [3.05, 3.63) is 65.7 Å². The van der Waals surface area contributed by atoms with Crippen molar-refractivity contribution in [2.75, 3.05) is 52.5 Å². The second-order valence-electron chi connectivity index (χ2n) is 7.20. The van der Waals surface area contributed by atoms with E-state index in [0.717, 1.165) is 25.7 Å². The normalized spacial score (nSPS) is 16.1. The molecule has 2 aromatic rings. The second-order valence-corrected chi connectivity index (χ2v) is 7.20. The number of hydrogen-bond acceptors (Lipinski definition) is 5. The minimum atomic E-state index is -0.733. The van der Waals surface area contributed by atoms with Crippen LogP contribution in [0.3, 0.4) is 0 Å². The summed E-state index contributed by atoms with van der Waals surface area (Å²) < 4.78 is 38.3. The standard InChI is InChI=1S/C22H28F2N2O3/c23-19-7-6-18(22(24)14-19)15-26(9-8-25-10-12-28-13-11-25)16-20(27)17-29-21-4-2-1-3-5-21/h1-7,14,20,27H,8-13,15-17H2/t20-/m1/s1. The summed E-state index contributed by atoms with van der Waals surface area (Å²) in [7, 11) is 0. The number of ether oxygens (including phenoxy) is 2. The van der Waals surface area contributed by atoms with E-state index in [4.69, 9.17) is 9.47 Å². The first kappa shape index (κ1) is 21.6. The largest absolute Gasteiger partial charge is 0.491 e. The Labute approximate surface area is 170 Å². The van der Waals surface area contributed by atoms with Gasteiger partial charge >= 0.3 is 0 Å². The van der Waals surface area contributed by atoms with Crippen molar-refractivity contribution in [3.63, 3.8) is 0 Å². The van der Waals surface area contributed by atoms with Crippen LogP contribution < -0.4 is 4.74 Å². The fourth-order valence-corrected chi connectivity index (χ4v) is 3.29.